The van der Waals surface area contributed by atoms with E-state index in [0.29, 0.717) is 30.4 Å². The largest absolute Gasteiger partial charge is 0.494 e. The van der Waals surface area contributed by atoms with Gasteiger partial charge < -0.3 is 14.8 Å². The van der Waals surface area contributed by atoms with E-state index >= 15 is 0 Å². The minimum Gasteiger partial charge on any atom is -0.494 e. The zero-order valence-corrected chi connectivity index (χ0v) is 15.4. The molecule has 27 heavy (non-hydrogen) atoms. The van der Waals surface area contributed by atoms with Crippen LogP contribution in [0.3, 0.4) is 0 Å². The van der Waals surface area contributed by atoms with E-state index in [1.807, 2.05) is 13.8 Å². The Bertz CT molecular complexity index is 842. The van der Waals surface area contributed by atoms with Crippen molar-refractivity contribution in [3.05, 3.63) is 54.1 Å². The minimum atomic E-state index is -1.47. The van der Waals surface area contributed by atoms with E-state index in [4.69, 9.17) is 9.47 Å². The molecule has 2 rings (SSSR count). The number of Topliss-reactive ketones (excluding diaryl/α,β-unsaturated/α-hetero) is 1. The van der Waals surface area contributed by atoms with E-state index in [0.717, 1.165) is 6.42 Å². The molecule has 1 unspecified atom stereocenters. The van der Waals surface area contributed by atoms with Crippen LogP contribution in [0, 0.1) is 17.2 Å². The molecule has 1 amide bonds. The first kappa shape index (κ1) is 20.0. The van der Waals surface area contributed by atoms with Crippen LogP contribution in [0.4, 0.5) is 5.69 Å². The van der Waals surface area contributed by atoms with Gasteiger partial charge in [-0.05, 0) is 37.6 Å². The second-order valence-electron chi connectivity index (χ2n) is 5.72. The summed E-state index contributed by atoms with van der Waals surface area (Å²) in [7, 11) is 0. The molecule has 0 aliphatic rings. The van der Waals surface area contributed by atoms with Gasteiger partial charge in [0, 0.05) is 5.56 Å². The quantitative estimate of drug-likeness (QED) is 0.538. The molecule has 6 nitrogen and oxygen atoms in total. The lowest BCUT2D eigenvalue weighted by atomic mass is 9.97. The van der Waals surface area contributed by atoms with Gasteiger partial charge in [-0.25, -0.2) is 0 Å². The lowest BCUT2D eigenvalue weighted by Crippen LogP contribution is -2.29. The molecule has 6 heteroatoms. The number of nitriles is 1. The van der Waals surface area contributed by atoms with Crippen LogP contribution in [0.5, 0.6) is 11.5 Å². The lowest BCUT2D eigenvalue weighted by molar-refractivity contribution is -0.117. The molecule has 0 heterocycles. The summed E-state index contributed by atoms with van der Waals surface area (Å²) >= 11 is 0. The number of benzene rings is 2. The number of rotatable bonds is 9. The topological polar surface area (TPSA) is 88.4 Å². The maximum Gasteiger partial charge on any atom is 0.249 e. The second kappa shape index (κ2) is 9.97. The van der Waals surface area contributed by atoms with Crippen molar-refractivity contribution >= 4 is 17.4 Å². The fourth-order valence-electron chi connectivity index (χ4n) is 2.42. The smallest absolute Gasteiger partial charge is 0.249 e. The number of carbonyl (C=O) groups excluding carboxylic acids is 2. The van der Waals surface area contributed by atoms with E-state index in [9.17, 15) is 14.9 Å². The van der Waals surface area contributed by atoms with Crippen LogP contribution in [-0.2, 0) is 4.79 Å². The summed E-state index contributed by atoms with van der Waals surface area (Å²) in [6.07, 6.45) is 0.834. The van der Waals surface area contributed by atoms with Gasteiger partial charge in [0.25, 0.3) is 0 Å². The van der Waals surface area contributed by atoms with Crippen LogP contribution in [0.15, 0.2) is 48.5 Å². The van der Waals surface area contributed by atoms with Crippen LogP contribution in [-0.4, -0.2) is 24.9 Å². The molecule has 1 N–H and O–H groups in total. The molecule has 0 spiro atoms. The molecule has 0 saturated heterocycles. The highest BCUT2D eigenvalue weighted by Gasteiger charge is 2.28. The van der Waals surface area contributed by atoms with Crippen molar-refractivity contribution in [1.82, 2.24) is 0 Å². The Hall–Kier alpha value is -3.33. The third-order valence-electron chi connectivity index (χ3n) is 3.69. The SMILES string of the molecule is CCCOc1cccc(C(=O)C(C#N)C(=O)Nc2ccccc2OCC)c1. The highest BCUT2D eigenvalue weighted by Crippen LogP contribution is 2.25. The van der Waals surface area contributed by atoms with Crippen molar-refractivity contribution in [2.24, 2.45) is 5.92 Å². The van der Waals surface area contributed by atoms with Crippen LogP contribution in [0.1, 0.15) is 30.6 Å². The summed E-state index contributed by atoms with van der Waals surface area (Å²) in [4.78, 5) is 25.2. The summed E-state index contributed by atoms with van der Waals surface area (Å²) in [5.41, 5.74) is 0.667. The predicted octanol–water partition coefficient (Wildman–Crippen LogP) is 3.84. The summed E-state index contributed by atoms with van der Waals surface area (Å²) in [6.45, 7) is 4.75. The summed E-state index contributed by atoms with van der Waals surface area (Å²) < 4.78 is 11.0. The van der Waals surface area contributed by atoms with Crippen LogP contribution < -0.4 is 14.8 Å². The maximum atomic E-state index is 12.7. The Morgan fingerprint density at radius 2 is 1.89 bits per heavy atom. The number of para-hydroxylation sites is 2. The van der Waals surface area contributed by atoms with Gasteiger partial charge in [-0.15, -0.1) is 0 Å². The van der Waals surface area contributed by atoms with Crippen molar-refractivity contribution in [1.29, 1.82) is 5.26 Å². The van der Waals surface area contributed by atoms with Crippen molar-refractivity contribution in [3.8, 4) is 17.6 Å². The van der Waals surface area contributed by atoms with Crippen molar-refractivity contribution in [2.75, 3.05) is 18.5 Å². The van der Waals surface area contributed by atoms with Gasteiger partial charge in [-0.1, -0.05) is 31.2 Å². The average Bonchev–Trinajstić information content (AvgIpc) is 2.68. The van der Waals surface area contributed by atoms with Gasteiger partial charge >= 0.3 is 0 Å². The van der Waals surface area contributed by atoms with Crippen LogP contribution in [0.25, 0.3) is 0 Å². The summed E-state index contributed by atoms with van der Waals surface area (Å²) in [6, 6.07) is 15.2. The first-order valence-electron chi connectivity index (χ1n) is 8.80. The number of nitrogens with zero attached hydrogens (tertiary/aromatic N) is 1. The zero-order chi connectivity index (χ0) is 19.6. The Balaban J connectivity index is 2.17. The Morgan fingerprint density at radius 1 is 1.11 bits per heavy atom. The fourth-order valence-corrected chi connectivity index (χ4v) is 2.42. The molecule has 140 valence electrons. The number of hydrogen-bond acceptors (Lipinski definition) is 5. The molecular formula is C21H22N2O4. The zero-order valence-electron chi connectivity index (χ0n) is 15.4. The van der Waals surface area contributed by atoms with E-state index in [1.165, 1.54) is 0 Å². The molecule has 0 aliphatic heterocycles. The van der Waals surface area contributed by atoms with E-state index < -0.39 is 17.6 Å². The van der Waals surface area contributed by atoms with Crippen molar-refractivity contribution in [3.63, 3.8) is 0 Å². The van der Waals surface area contributed by atoms with E-state index in [-0.39, 0.29) is 5.56 Å². The standard InChI is InChI=1S/C21H22N2O4/c1-3-12-27-16-9-7-8-15(13-16)20(24)17(14-22)21(25)23-18-10-5-6-11-19(18)26-4-2/h5-11,13,17H,3-4,12H2,1-2H3,(H,23,25). The normalized spacial score (nSPS) is 11.1. The number of amides is 1. The minimum absolute atomic E-state index is 0.253. The molecule has 2 aromatic rings. The third-order valence-corrected chi connectivity index (χ3v) is 3.69. The predicted molar refractivity (Wildman–Crippen MR) is 102 cm³/mol. The fraction of sp³-hybridized carbons (Fsp3) is 0.286. The molecule has 0 aromatic heterocycles. The van der Waals surface area contributed by atoms with E-state index in [1.54, 1.807) is 54.6 Å². The monoisotopic (exact) mass is 366 g/mol. The molecule has 2 aromatic carbocycles. The maximum absolute atomic E-state index is 12.7. The molecule has 0 bridgehead atoms. The van der Waals surface area contributed by atoms with Gasteiger partial charge in [0.1, 0.15) is 11.5 Å². The highest BCUT2D eigenvalue weighted by atomic mass is 16.5. The molecule has 0 aliphatic carbocycles. The van der Waals surface area contributed by atoms with Crippen LogP contribution >= 0.6 is 0 Å². The lowest BCUT2D eigenvalue weighted by Gasteiger charge is -2.13. The first-order valence-corrected chi connectivity index (χ1v) is 8.80. The Kier molecular flexibility index (Phi) is 7.38. The molecular weight excluding hydrogens is 344 g/mol. The van der Waals surface area contributed by atoms with Gasteiger partial charge in [0.05, 0.1) is 25.0 Å². The summed E-state index contributed by atoms with van der Waals surface area (Å²) in [5.74, 6) is -1.74. The first-order chi connectivity index (χ1) is 13.1. The number of anilines is 1. The average molecular weight is 366 g/mol. The molecule has 0 saturated carbocycles. The number of nitrogens with one attached hydrogen (secondary N) is 1. The molecule has 0 radical (unpaired) electrons. The van der Waals surface area contributed by atoms with Gasteiger partial charge in [0.2, 0.25) is 5.91 Å². The Labute approximate surface area is 158 Å². The molecule has 0 fully saturated rings. The van der Waals surface area contributed by atoms with Crippen molar-refractivity contribution < 1.29 is 19.1 Å². The highest BCUT2D eigenvalue weighted by molar-refractivity contribution is 6.15. The number of ketones is 1. The number of carbonyl (C=O) groups is 2. The number of ether oxygens (including phenoxy) is 2. The van der Waals surface area contributed by atoms with Crippen LogP contribution in [0.2, 0.25) is 0 Å². The molecule has 1 atom stereocenters. The van der Waals surface area contributed by atoms with Gasteiger partial charge in [-0.2, -0.15) is 5.26 Å². The third kappa shape index (κ3) is 5.32. The van der Waals surface area contributed by atoms with Gasteiger partial charge in [0.15, 0.2) is 11.7 Å². The Morgan fingerprint density at radius 3 is 2.59 bits per heavy atom. The second-order valence-corrected chi connectivity index (χ2v) is 5.72. The summed E-state index contributed by atoms with van der Waals surface area (Å²) in [5, 5.41) is 12.0. The number of hydrogen-bond donors (Lipinski definition) is 1. The van der Waals surface area contributed by atoms with Gasteiger partial charge in [-0.3, -0.25) is 9.59 Å². The van der Waals surface area contributed by atoms with E-state index in [2.05, 4.69) is 5.32 Å². The van der Waals surface area contributed by atoms with Crippen molar-refractivity contribution in [2.45, 2.75) is 20.3 Å².